The minimum absolute atomic E-state index is 0.429. The minimum atomic E-state index is -1.37. The highest BCUT2D eigenvalue weighted by molar-refractivity contribution is 5.81. The van der Waals surface area contributed by atoms with Crippen molar-refractivity contribution >= 4 is 0 Å². The lowest BCUT2D eigenvalue weighted by Crippen LogP contribution is -2.31. The van der Waals surface area contributed by atoms with E-state index in [1.165, 1.54) is 0 Å². The van der Waals surface area contributed by atoms with E-state index in [1.807, 2.05) is 78.9 Å². The zero-order chi connectivity index (χ0) is 17.6. The third kappa shape index (κ3) is 2.04. The van der Waals surface area contributed by atoms with E-state index in [9.17, 15) is 5.11 Å². The summed E-state index contributed by atoms with van der Waals surface area (Å²) in [4.78, 5) is 0. The van der Waals surface area contributed by atoms with Gasteiger partial charge in [0.15, 0.2) is 11.4 Å². The molecule has 3 aromatic carbocycles. The van der Waals surface area contributed by atoms with E-state index < -0.39 is 5.60 Å². The number of hydrogen-bond donors (Lipinski definition) is 1. The SMILES string of the molecule is OC1(c2nnnn2Cc2ccccc2)c2ccccc2-c2ccccc21. The van der Waals surface area contributed by atoms with Crippen molar-refractivity contribution in [1.29, 1.82) is 0 Å². The molecule has 0 unspecified atom stereocenters. The zero-order valence-corrected chi connectivity index (χ0v) is 13.9. The van der Waals surface area contributed by atoms with Gasteiger partial charge in [0.25, 0.3) is 0 Å². The van der Waals surface area contributed by atoms with Crippen LogP contribution in [0.1, 0.15) is 22.5 Å². The second kappa shape index (κ2) is 5.61. The summed E-state index contributed by atoms with van der Waals surface area (Å²) in [5.74, 6) is 0.429. The van der Waals surface area contributed by atoms with Crippen LogP contribution in [0.2, 0.25) is 0 Å². The number of nitrogens with zero attached hydrogens (tertiary/aromatic N) is 4. The molecule has 126 valence electrons. The molecule has 0 atom stereocenters. The first-order valence-corrected chi connectivity index (χ1v) is 8.51. The summed E-state index contributed by atoms with van der Waals surface area (Å²) in [6.45, 7) is 0.496. The summed E-state index contributed by atoms with van der Waals surface area (Å²) in [6.07, 6.45) is 0. The fraction of sp³-hybridized carbons (Fsp3) is 0.0952. The summed E-state index contributed by atoms with van der Waals surface area (Å²) in [6, 6.07) is 25.7. The molecule has 5 nitrogen and oxygen atoms in total. The molecule has 0 amide bonds. The molecule has 1 aliphatic carbocycles. The Morgan fingerprint density at radius 3 is 2.00 bits per heavy atom. The number of benzene rings is 3. The molecule has 0 saturated heterocycles. The summed E-state index contributed by atoms with van der Waals surface area (Å²) in [5.41, 5.74) is 3.35. The lowest BCUT2D eigenvalue weighted by atomic mass is 9.90. The highest BCUT2D eigenvalue weighted by Gasteiger charge is 2.46. The molecule has 1 heterocycles. The molecule has 4 aromatic rings. The normalized spacial score (nSPS) is 14.0. The first-order chi connectivity index (χ1) is 12.8. The first-order valence-electron chi connectivity index (χ1n) is 8.51. The molecule has 0 spiro atoms. The van der Waals surface area contributed by atoms with Crippen LogP contribution >= 0.6 is 0 Å². The highest BCUT2D eigenvalue weighted by Crippen LogP contribution is 2.49. The molecule has 1 aliphatic rings. The van der Waals surface area contributed by atoms with Crippen LogP contribution in [-0.2, 0) is 12.1 Å². The van der Waals surface area contributed by atoms with Crippen LogP contribution in [0.5, 0.6) is 0 Å². The van der Waals surface area contributed by atoms with Gasteiger partial charge < -0.3 is 5.11 Å². The molecule has 5 rings (SSSR count). The quantitative estimate of drug-likeness (QED) is 0.623. The zero-order valence-electron chi connectivity index (χ0n) is 13.9. The molecule has 0 fully saturated rings. The minimum Gasteiger partial charge on any atom is -0.373 e. The Kier molecular flexibility index (Phi) is 3.23. The third-order valence-corrected chi connectivity index (χ3v) is 4.95. The molecule has 0 bridgehead atoms. The van der Waals surface area contributed by atoms with Gasteiger partial charge in [-0.05, 0) is 27.1 Å². The number of aromatic nitrogens is 4. The molecule has 26 heavy (non-hydrogen) atoms. The molecule has 0 saturated carbocycles. The first kappa shape index (κ1) is 15.0. The van der Waals surface area contributed by atoms with Crippen molar-refractivity contribution in [3.05, 3.63) is 101 Å². The van der Waals surface area contributed by atoms with Gasteiger partial charge in [-0.3, -0.25) is 0 Å². The summed E-state index contributed by atoms with van der Waals surface area (Å²) < 4.78 is 1.67. The van der Waals surface area contributed by atoms with Crippen molar-refractivity contribution in [3.8, 4) is 11.1 Å². The van der Waals surface area contributed by atoms with Gasteiger partial charge in [-0.15, -0.1) is 5.10 Å². The van der Waals surface area contributed by atoms with Crippen molar-refractivity contribution in [1.82, 2.24) is 20.2 Å². The Hall–Kier alpha value is -3.31. The smallest absolute Gasteiger partial charge is 0.192 e. The van der Waals surface area contributed by atoms with Crippen LogP contribution in [0, 0.1) is 0 Å². The Bertz CT molecular complexity index is 1040. The Morgan fingerprint density at radius 2 is 1.35 bits per heavy atom. The standard InChI is InChI=1S/C21H16N4O/c26-21(20-22-23-24-25(20)14-15-8-2-1-3-9-15)18-12-6-4-10-16(18)17-11-5-7-13-19(17)21/h1-13,26H,14H2. The maximum absolute atomic E-state index is 11.9. The van der Waals surface area contributed by atoms with Crippen LogP contribution in [0.25, 0.3) is 11.1 Å². The monoisotopic (exact) mass is 340 g/mol. The number of rotatable bonds is 3. The predicted octanol–water partition coefficient (Wildman–Crippen LogP) is 2.99. The van der Waals surface area contributed by atoms with E-state index in [2.05, 4.69) is 15.5 Å². The Morgan fingerprint density at radius 1 is 0.769 bits per heavy atom. The van der Waals surface area contributed by atoms with Gasteiger partial charge in [0.05, 0.1) is 6.54 Å². The number of fused-ring (bicyclic) bond motifs is 3. The lowest BCUT2D eigenvalue weighted by Gasteiger charge is -2.24. The van der Waals surface area contributed by atoms with Crippen LogP contribution in [-0.4, -0.2) is 25.3 Å². The predicted molar refractivity (Wildman–Crippen MR) is 97.3 cm³/mol. The van der Waals surface area contributed by atoms with Crippen molar-refractivity contribution in [3.63, 3.8) is 0 Å². The van der Waals surface area contributed by atoms with Gasteiger partial charge >= 0.3 is 0 Å². The third-order valence-electron chi connectivity index (χ3n) is 4.95. The molecule has 0 aliphatic heterocycles. The molecule has 1 aromatic heterocycles. The summed E-state index contributed by atoms with van der Waals surface area (Å²) in [7, 11) is 0. The van der Waals surface area contributed by atoms with Gasteiger partial charge in [-0.25, -0.2) is 4.68 Å². The largest absolute Gasteiger partial charge is 0.373 e. The Labute approximate surface area is 150 Å². The van der Waals surface area contributed by atoms with E-state index >= 15 is 0 Å². The Balaban J connectivity index is 1.71. The van der Waals surface area contributed by atoms with E-state index in [4.69, 9.17) is 0 Å². The average Bonchev–Trinajstić information content (AvgIpc) is 3.26. The van der Waals surface area contributed by atoms with Gasteiger partial charge in [0.2, 0.25) is 0 Å². The topological polar surface area (TPSA) is 63.8 Å². The number of tetrazole rings is 1. The van der Waals surface area contributed by atoms with Crippen LogP contribution in [0.4, 0.5) is 0 Å². The van der Waals surface area contributed by atoms with Crippen LogP contribution in [0.15, 0.2) is 78.9 Å². The average molecular weight is 340 g/mol. The molecular weight excluding hydrogens is 324 g/mol. The summed E-state index contributed by atoms with van der Waals surface area (Å²) in [5, 5.41) is 24.1. The van der Waals surface area contributed by atoms with Crippen molar-refractivity contribution in [2.75, 3.05) is 0 Å². The molecule has 0 radical (unpaired) electrons. The van der Waals surface area contributed by atoms with Gasteiger partial charge in [0.1, 0.15) is 0 Å². The fourth-order valence-electron chi connectivity index (χ4n) is 3.78. The molecular formula is C21H16N4O. The molecule has 1 N–H and O–H groups in total. The van der Waals surface area contributed by atoms with Crippen molar-refractivity contribution < 1.29 is 5.11 Å². The second-order valence-corrected chi connectivity index (χ2v) is 6.45. The van der Waals surface area contributed by atoms with Crippen molar-refractivity contribution in [2.24, 2.45) is 0 Å². The lowest BCUT2D eigenvalue weighted by molar-refractivity contribution is 0.115. The van der Waals surface area contributed by atoms with E-state index in [0.717, 1.165) is 27.8 Å². The van der Waals surface area contributed by atoms with E-state index in [-0.39, 0.29) is 0 Å². The molecule has 5 heteroatoms. The van der Waals surface area contributed by atoms with Crippen LogP contribution < -0.4 is 0 Å². The van der Waals surface area contributed by atoms with Gasteiger partial charge in [-0.1, -0.05) is 78.9 Å². The maximum atomic E-state index is 11.9. The summed E-state index contributed by atoms with van der Waals surface area (Å²) >= 11 is 0. The van der Waals surface area contributed by atoms with Crippen LogP contribution in [0.3, 0.4) is 0 Å². The number of aliphatic hydroxyl groups is 1. The van der Waals surface area contributed by atoms with Gasteiger partial charge in [0, 0.05) is 11.1 Å². The van der Waals surface area contributed by atoms with Gasteiger partial charge in [-0.2, -0.15) is 0 Å². The van der Waals surface area contributed by atoms with Crippen molar-refractivity contribution in [2.45, 2.75) is 12.1 Å². The highest BCUT2D eigenvalue weighted by atomic mass is 16.3. The van der Waals surface area contributed by atoms with E-state index in [1.54, 1.807) is 4.68 Å². The maximum Gasteiger partial charge on any atom is 0.192 e. The second-order valence-electron chi connectivity index (χ2n) is 6.45. The number of hydrogen-bond acceptors (Lipinski definition) is 4. The fourth-order valence-corrected chi connectivity index (χ4v) is 3.78. The van der Waals surface area contributed by atoms with E-state index in [0.29, 0.717) is 12.4 Å².